The first kappa shape index (κ1) is 22.7. The van der Waals surface area contributed by atoms with Gasteiger partial charge in [-0.15, -0.1) is 0 Å². The topological polar surface area (TPSA) is 86.8 Å². The fourth-order valence-electron chi connectivity index (χ4n) is 4.59. The van der Waals surface area contributed by atoms with Crippen molar-refractivity contribution < 1.29 is 18.0 Å². The second-order valence-corrected chi connectivity index (χ2v) is 10.6. The summed E-state index contributed by atoms with van der Waals surface area (Å²) in [5, 5.41) is 3.02. The zero-order valence-electron chi connectivity index (χ0n) is 18.2. The van der Waals surface area contributed by atoms with Crippen molar-refractivity contribution in [2.75, 3.05) is 18.5 Å². The lowest BCUT2D eigenvalue weighted by molar-refractivity contribution is -0.122. The molecule has 1 fully saturated rings. The lowest BCUT2D eigenvalue weighted by Gasteiger charge is -2.23. The molecule has 0 bridgehead atoms. The number of nitrogens with one attached hydrogen (secondary N) is 1. The van der Waals surface area contributed by atoms with Gasteiger partial charge < -0.3 is 10.2 Å². The molecule has 0 unspecified atom stereocenters. The smallest absolute Gasteiger partial charge is 0.243 e. The molecule has 0 spiro atoms. The van der Waals surface area contributed by atoms with Crippen LogP contribution in [0.15, 0.2) is 23.1 Å². The van der Waals surface area contributed by atoms with Gasteiger partial charge in [0.15, 0.2) is 0 Å². The minimum absolute atomic E-state index is 0.00253. The molecule has 3 rings (SSSR count). The Bertz CT molecular complexity index is 892. The number of nitrogens with zero attached hydrogens (tertiary/aromatic N) is 2. The van der Waals surface area contributed by atoms with Crippen molar-refractivity contribution in [1.29, 1.82) is 0 Å². The van der Waals surface area contributed by atoms with E-state index in [1.165, 1.54) is 39.3 Å². The highest BCUT2D eigenvalue weighted by Crippen LogP contribution is 2.34. The van der Waals surface area contributed by atoms with E-state index in [0.717, 1.165) is 41.2 Å². The van der Waals surface area contributed by atoms with Crippen molar-refractivity contribution in [3.63, 3.8) is 0 Å². The molecule has 2 aliphatic rings. The fourth-order valence-corrected chi connectivity index (χ4v) is 5.77. The SMILES string of the molecule is CC(=O)N1c2ccc(S(=O)(=O)N(C)CC(=O)NC3CCCCCCC3)cc2C[C@@H]1C. The third-order valence-corrected chi connectivity index (χ3v) is 7.95. The number of carbonyl (C=O) groups is 2. The third kappa shape index (κ3) is 5.03. The molecular weight excluding hydrogens is 402 g/mol. The van der Waals surface area contributed by atoms with Gasteiger partial charge in [0.25, 0.3) is 0 Å². The normalized spacial score (nSPS) is 20.5. The Kier molecular flexibility index (Phi) is 7.18. The summed E-state index contributed by atoms with van der Waals surface area (Å²) >= 11 is 0. The average Bonchev–Trinajstić information content (AvgIpc) is 2.98. The monoisotopic (exact) mass is 435 g/mol. The van der Waals surface area contributed by atoms with Crippen LogP contribution < -0.4 is 10.2 Å². The number of sulfonamides is 1. The lowest BCUT2D eigenvalue weighted by atomic mass is 9.97. The van der Waals surface area contributed by atoms with E-state index in [2.05, 4.69) is 5.32 Å². The lowest BCUT2D eigenvalue weighted by Crippen LogP contribution is -2.42. The van der Waals surface area contributed by atoms with E-state index < -0.39 is 10.0 Å². The van der Waals surface area contributed by atoms with Gasteiger partial charge in [-0.2, -0.15) is 4.31 Å². The van der Waals surface area contributed by atoms with E-state index in [-0.39, 0.29) is 35.3 Å². The summed E-state index contributed by atoms with van der Waals surface area (Å²) < 4.78 is 27.2. The number of hydrogen-bond donors (Lipinski definition) is 1. The average molecular weight is 436 g/mol. The number of rotatable bonds is 5. The van der Waals surface area contributed by atoms with E-state index in [1.54, 1.807) is 17.0 Å². The summed E-state index contributed by atoms with van der Waals surface area (Å²) in [5.74, 6) is -0.316. The van der Waals surface area contributed by atoms with Gasteiger partial charge in [-0.25, -0.2) is 8.42 Å². The number of hydrogen-bond acceptors (Lipinski definition) is 4. The van der Waals surface area contributed by atoms with Crippen LogP contribution in [-0.2, 0) is 26.0 Å². The molecule has 0 radical (unpaired) electrons. The van der Waals surface area contributed by atoms with E-state index in [9.17, 15) is 18.0 Å². The second kappa shape index (κ2) is 9.47. The largest absolute Gasteiger partial charge is 0.352 e. The van der Waals surface area contributed by atoms with Gasteiger partial charge in [-0.3, -0.25) is 9.59 Å². The summed E-state index contributed by atoms with van der Waals surface area (Å²) in [6.07, 6.45) is 8.37. The van der Waals surface area contributed by atoms with Gasteiger partial charge in [0.05, 0.1) is 11.4 Å². The van der Waals surface area contributed by atoms with E-state index in [0.29, 0.717) is 6.42 Å². The Morgan fingerprint density at radius 2 is 1.77 bits per heavy atom. The Balaban J connectivity index is 1.67. The zero-order valence-corrected chi connectivity index (χ0v) is 19.0. The van der Waals surface area contributed by atoms with E-state index >= 15 is 0 Å². The highest BCUT2D eigenvalue weighted by atomic mass is 32.2. The highest BCUT2D eigenvalue weighted by molar-refractivity contribution is 7.89. The molecule has 30 heavy (non-hydrogen) atoms. The molecular formula is C22H33N3O4S. The second-order valence-electron chi connectivity index (χ2n) is 8.60. The minimum atomic E-state index is -3.80. The summed E-state index contributed by atoms with van der Waals surface area (Å²) in [6, 6.07) is 4.98. The van der Waals surface area contributed by atoms with Gasteiger partial charge in [-0.1, -0.05) is 32.1 Å². The van der Waals surface area contributed by atoms with Gasteiger partial charge in [0.2, 0.25) is 21.8 Å². The molecule has 1 N–H and O–H groups in total. The Morgan fingerprint density at radius 1 is 1.13 bits per heavy atom. The Labute approximate surface area is 179 Å². The molecule has 0 saturated heterocycles. The number of fused-ring (bicyclic) bond motifs is 1. The third-order valence-electron chi connectivity index (χ3n) is 6.15. The molecule has 1 heterocycles. The maximum absolute atomic E-state index is 13.0. The molecule has 8 heteroatoms. The van der Waals surface area contributed by atoms with Gasteiger partial charge in [-0.05, 0) is 49.9 Å². The quantitative estimate of drug-likeness (QED) is 0.770. The fraction of sp³-hybridized carbons (Fsp3) is 0.636. The van der Waals surface area contributed by atoms with Gasteiger partial charge in [0.1, 0.15) is 0 Å². The standard InChI is InChI=1S/C22H33N3O4S/c1-16-13-18-14-20(11-12-21(18)25(16)17(2)26)30(28,29)24(3)15-22(27)23-19-9-7-5-4-6-8-10-19/h11-12,14,16,19H,4-10,13,15H2,1-3H3,(H,23,27)/t16-/m0/s1. The molecule has 1 aromatic carbocycles. The summed E-state index contributed by atoms with van der Waals surface area (Å²) in [7, 11) is -2.36. The maximum atomic E-state index is 13.0. The van der Waals surface area contributed by atoms with Crippen molar-refractivity contribution in [1.82, 2.24) is 9.62 Å². The molecule has 7 nitrogen and oxygen atoms in total. The molecule has 1 atom stereocenters. The number of amides is 2. The first-order valence-corrected chi connectivity index (χ1v) is 12.3. The summed E-state index contributed by atoms with van der Waals surface area (Å²) in [5.41, 5.74) is 1.60. The van der Waals surface area contributed by atoms with Crippen LogP contribution in [0, 0.1) is 0 Å². The van der Waals surface area contributed by atoms with Crippen LogP contribution in [0.2, 0.25) is 0 Å². The Hall–Kier alpha value is -1.93. The first-order valence-electron chi connectivity index (χ1n) is 10.9. The van der Waals surface area contributed by atoms with Crippen LogP contribution in [0.3, 0.4) is 0 Å². The number of anilines is 1. The number of likely N-dealkylation sites (N-methyl/N-ethyl adjacent to an activating group) is 1. The van der Waals surface area contributed by atoms with Gasteiger partial charge in [0, 0.05) is 31.7 Å². The molecule has 166 valence electrons. The molecule has 1 aromatic rings. The maximum Gasteiger partial charge on any atom is 0.243 e. The van der Waals surface area contributed by atoms with Crippen LogP contribution in [-0.4, -0.2) is 50.2 Å². The van der Waals surface area contributed by atoms with E-state index in [4.69, 9.17) is 0 Å². The number of carbonyl (C=O) groups excluding carboxylic acids is 2. The molecule has 1 saturated carbocycles. The van der Waals surface area contributed by atoms with Gasteiger partial charge >= 0.3 is 0 Å². The molecule has 0 aromatic heterocycles. The van der Waals surface area contributed by atoms with Crippen molar-refractivity contribution >= 4 is 27.5 Å². The van der Waals surface area contributed by atoms with E-state index in [1.807, 2.05) is 6.92 Å². The van der Waals surface area contributed by atoms with Crippen molar-refractivity contribution in [3.8, 4) is 0 Å². The van der Waals surface area contributed by atoms with Crippen molar-refractivity contribution in [2.24, 2.45) is 0 Å². The van der Waals surface area contributed by atoms with Crippen LogP contribution in [0.5, 0.6) is 0 Å². The first-order chi connectivity index (χ1) is 14.2. The zero-order chi connectivity index (χ0) is 21.9. The Morgan fingerprint density at radius 3 is 2.40 bits per heavy atom. The summed E-state index contributed by atoms with van der Waals surface area (Å²) in [6.45, 7) is 3.26. The molecule has 2 amide bonds. The number of benzene rings is 1. The van der Waals surface area contributed by atoms with Crippen LogP contribution in [0.1, 0.15) is 64.4 Å². The molecule has 1 aliphatic carbocycles. The van der Waals surface area contributed by atoms with Crippen LogP contribution in [0.4, 0.5) is 5.69 Å². The predicted octanol–water partition coefficient (Wildman–Crippen LogP) is 2.83. The summed E-state index contributed by atoms with van der Waals surface area (Å²) in [4.78, 5) is 26.2. The van der Waals surface area contributed by atoms with Crippen molar-refractivity contribution in [3.05, 3.63) is 23.8 Å². The van der Waals surface area contributed by atoms with Crippen LogP contribution in [0.25, 0.3) is 0 Å². The van der Waals surface area contributed by atoms with Crippen LogP contribution >= 0.6 is 0 Å². The molecule has 1 aliphatic heterocycles. The predicted molar refractivity (Wildman–Crippen MR) is 117 cm³/mol. The van der Waals surface area contributed by atoms with Crippen molar-refractivity contribution in [2.45, 2.75) is 82.2 Å². The highest BCUT2D eigenvalue weighted by Gasteiger charge is 2.31. The minimum Gasteiger partial charge on any atom is -0.352 e.